The Hall–Kier alpha value is -3.99. The highest BCUT2D eigenvalue weighted by atomic mass is 32.2. The van der Waals surface area contributed by atoms with Crippen LogP contribution in [0.1, 0.15) is 5.56 Å². The van der Waals surface area contributed by atoms with Crippen molar-refractivity contribution in [2.24, 2.45) is 0 Å². The molecule has 32 heavy (non-hydrogen) atoms. The van der Waals surface area contributed by atoms with E-state index in [4.69, 9.17) is 4.74 Å². The molecule has 2 aromatic carbocycles. The Morgan fingerprint density at radius 3 is 2.81 bits per heavy atom. The summed E-state index contributed by atoms with van der Waals surface area (Å²) in [5.41, 5.74) is 3.19. The summed E-state index contributed by atoms with van der Waals surface area (Å²) in [5.74, 6) is 0.427. The Morgan fingerprint density at radius 1 is 1.19 bits per heavy atom. The third-order valence-electron chi connectivity index (χ3n) is 4.55. The maximum absolute atomic E-state index is 12.5. The highest BCUT2D eigenvalue weighted by Crippen LogP contribution is 2.26. The smallest absolute Gasteiger partial charge is 0.270 e. The maximum Gasteiger partial charge on any atom is 0.270 e. The fourth-order valence-corrected chi connectivity index (χ4v) is 3.72. The third-order valence-corrected chi connectivity index (χ3v) is 5.47. The van der Waals surface area contributed by atoms with Crippen LogP contribution in [0.2, 0.25) is 0 Å². The number of rotatable bonds is 7. The number of nitrogens with one attached hydrogen (secondary N) is 1. The molecule has 0 aliphatic rings. The lowest BCUT2D eigenvalue weighted by Gasteiger charge is -2.10. The second-order valence-electron chi connectivity index (χ2n) is 6.82. The number of hydrogen-bond donors (Lipinski definition) is 1. The van der Waals surface area contributed by atoms with E-state index in [1.807, 2.05) is 19.1 Å². The number of hydrogen-bond acceptors (Lipinski definition) is 8. The number of thioether (sulfide) groups is 1. The van der Waals surface area contributed by atoms with Crippen LogP contribution in [0.25, 0.3) is 16.9 Å². The average Bonchev–Trinajstić information content (AvgIpc) is 3.20. The molecule has 0 fully saturated rings. The normalized spacial score (nSPS) is 10.8. The summed E-state index contributed by atoms with van der Waals surface area (Å²) >= 11 is 1.18. The van der Waals surface area contributed by atoms with Gasteiger partial charge in [-0.05, 0) is 36.8 Å². The number of aromatic nitrogens is 4. The molecule has 10 nitrogen and oxygen atoms in total. The van der Waals surface area contributed by atoms with E-state index in [9.17, 15) is 14.9 Å². The second-order valence-corrected chi connectivity index (χ2v) is 7.76. The van der Waals surface area contributed by atoms with Gasteiger partial charge in [-0.15, -0.1) is 10.2 Å². The quantitative estimate of drug-likeness (QED) is 0.256. The minimum absolute atomic E-state index is 0.0222. The first kappa shape index (κ1) is 21.2. The predicted molar refractivity (Wildman–Crippen MR) is 120 cm³/mol. The first-order valence-corrected chi connectivity index (χ1v) is 10.5. The standard InChI is InChI=1S/C21H18N6O4S/c1-13-6-8-18(31-2)17(10-13)22-20(28)12-32-21-24-23-19-9-7-16(25-26(19)21)14-4-3-5-15(11-14)27(29)30/h3-11H,12H2,1-2H3,(H,22,28). The molecule has 0 bridgehead atoms. The summed E-state index contributed by atoms with van der Waals surface area (Å²) in [5, 5.41) is 27.0. The molecule has 11 heteroatoms. The lowest BCUT2D eigenvalue weighted by atomic mass is 10.1. The molecule has 0 saturated heterocycles. The summed E-state index contributed by atoms with van der Waals surface area (Å²) in [7, 11) is 1.54. The number of nitro benzene ring substituents is 1. The van der Waals surface area contributed by atoms with E-state index in [1.165, 1.54) is 28.4 Å². The number of nitro groups is 1. The molecular formula is C21H18N6O4S. The van der Waals surface area contributed by atoms with Crippen LogP contribution in [0, 0.1) is 17.0 Å². The number of benzene rings is 2. The number of non-ortho nitro benzene ring substituents is 1. The van der Waals surface area contributed by atoms with E-state index < -0.39 is 4.92 Å². The van der Waals surface area contributed by atoms with Crippen molar-refractivity contribution >= 4 is 34.7 Å². The van der Waals surface area contributed by atoms with Gasteiger partial charge < -0.3 is 10.1 Å². The van der Waals surface area contributed by atoms with Crippen molar-refractivity contribution in [3.05, 3.63) is 70.3 Å². The summed E-state index contributed by atoms with van der Waals surface area (Å²) in [4.78, 5) is 23.1. The first-order valence-electron chi connectivity index (χ1n) is 9.49. The number of amides is 1. The summed E-state index contributed by atoms with van der Waals surface area (Å²) in [6, 6.07) is 15.2. The van der Waals surface area contributed by atoms with Crippen LogP contribution in [0.3, 0.4) is 0 Å². The third kappa shape index (κ3) is 4.52. The van der Waals surface area contributed by atoms with Gasteiger partial charge in [0.1, 0.15) is 5.75 Å². The fraction of sp³-hybridized carbons (Fsp3) is 0.143. The number of fused-ring (bicyclic) bond motifs is 1. The van der Waals surface area contributed by atoms with Crippen molar-refractivity contribution in [2.75, 3.05) is 18.2 Å². The lowest BCUT2D eigenvalue weighted by molar-refractivity contribution is -0.384. The molecule has 0 unspecified atom stereocenters. The summed E-state index contributed by atoms with van der Waals surface area (Å²) in [6.45, 7) is 1.93. The molecule has 2 heterocycles. The zero-order chi connectivity index (χ0) is 22.7. The fourth-order valence-electron chi connectivity index (χ4n) is 3.03. The zero-order valence-electron chi connectivity index (χ0n) is 17.2. The van der Waals surface area contributed by atoms with E-state index in [2.05, 4.69) is 20.6 Å². The van der Waals surface area contributed by atoms with Crippen LogP contribution in [-0.4, -0.2) is 43.5 Å². The van der Waals surface area contributed by atoms with Gasteiger partial charge in [0.05, 0.1) is 29.2 Å². The van der Waals surface area contributed by atoms with Crippen LogP contribution in [0.15, 0.2) is 59.8 Å². The highest BCUT2D eigenvalue weighted by Gasteiger charge is 2.14. The Bertz CT molecular complexity index is 1320. The van der Waals surface area contributed by atoms with Gasteiger partial charge in [0, 0.05) is 17.7 Å². The van der Waals surface area contributed by atoms with Gasteiger partial charge in [-0.3, -0.25) is 14.9 Å². The van der Waals surface area contributed by atoms with E-state index in [-0.39, 0.29) is 17.3 Å². The van der Waals surface area contributed by atoms with Crippen LogP contribution < -0.4 is 10.1 Å². The Kier molecular flexibility index (Phi) is 5.99. The van der Waals surface area contributed by atoms with Crippen LogP contribution in [-0.2, 0) is 4.79 Å². The van der Waals surface area contributed by atoms with Gasteiger partial charge in [0.25, 0.3) is 5.69 Å². The molecule has 1 N–H and O–H groups in total. The van der Waals surface area contributed by atoms with E-state index >= 15 is 0 Å². The van der Waals surface area contributed by atoms with Crippen molar-refractivity contribution in [3.8, 4) is 17.0 Å². The summed E-state index contributed by atoms with van der Waals surface area (Å²) < 4.78 is 6.80. The largest absolute Gasteiger partial charge is 0.495 e. The van der Waals surface area contributed by atoms with Crippen molar-refractivity contribution < 1.29 is 14.5 Å². The predicted octanol–water partition coefficient (Wildman–Crippen LogP) is 3.75. The zero-order valence-corrected chi connectivity index (χ0v) is 18.0. The number of carbonyl (C=O) groups excluding carboxylic acids is 1. The van der Waals surface area contributed by atoms with Gasteiger partial charge in [0.15, 0.2) is 5.65 Å². The molecule has 1 amide bonds. The summed E-state index contributed by atoms with van der Waals surface area (Å²) in [6.07, 6.45) is 0. The lowest BCUT2D eigenvalue weighted by Crippen LogP contribution is -2.15. The van der Waals surface area contributed by atoms with E-state index in [1.54, 1.807) is 37.4 Å². The highest BCUT2D eigenvalue weighted by molar-refractivity contribution is 7.99. The Labute approximate surface area is 186 Å². The van der Waals surface area contributed by atoms with Crippen molar-refractivity contribution in [3.63, 3.8) is 0 Å². The Balaban J connectivity index is 1.52. The molecular weight excluding hydrogens is 432 g/mol. The molecule has 162 valence electrons. The number of anilines is 1. The molecule has 0 saturated carbocycles. The van der Waals surface area contributed by atoms with Crippen molar-refractivity contribution in [1.29, 1.82) is 0 Å². The minimum atomic E-state index is -0.454. The number of carbonyl (C=O) groups is 1. The molecule has 0 aliphatic carbocycles. The molecule has 4 rings (SSSR count). The van der Waals surface area contributed by atoms with Crippen molar-refractivity contribution in [1.82, 2.24) is 19.8 Å². The molecule has 0 spiro atoms. The SMILES string of the molecule is COc1ccc(C)cc1NC(=O)CSc1nnc2ccc(-c3cccc([N+](=O)[O-])c3)nn12. The number of aryl methyl sites for hydroxylation is 1. The van der Waals surface area contributed by atoms with Gasteiger partial charge >= 0.3 is 0 Å². The number of ether oxygens (including phenoxy) is 1. The van der Waals surface area contributed by atoms with E-state index in [0.29, 0.717) is 33.5 Å². The van der Waals surface area contributed by atoms with Crippen LogP contribution >= 0.6 is 11.8 Å². The first-order chi connectivity index (χ1) is 15.4. The molecule has 0 atom stereocenters. The maximum atomic E-state index is 12.5. The average molecular weight is 450 g/mol. The molecule has 0 radical (unpaired) electrons. The van der Waals surface area contributed by atoms with Crippen LogP contribution in [0.5, 0.6) is 5.75 Å². The monoisotopic (exact) mass is 450 g/mol. The Morgan fingerprint density at radius 2 is 2.03 bits per heavy atom. The van der Waals surface area contributed by atoms with Gasteiger partial charge in [0.2, 0.25) is 11.1 Å². The van der Waals surface area contributed by atoms with Gasteiger partial charge in [-0.25, -0.2) is 0 Å². The second kappa shape index (κ2) is 9.02. The van der Waals surface area contributed by atoms with E-state index in [0.717, 1.165) is 5.56 Å². The molecule has 2 aromatic heterocycles. The van der Waals surface area contributed by atoms with Crippen LogP contribution in [0.4, 0.5) is 11.4 Å². The number of nitrogens with zero attached hydrogens (tertiary/aromatic N) is 5. The van der Waals surface area contributed by atoms with Crippen molar-refractivity contribution in [2.45, 2.75) is 12.1 Å². The van der Waals surface area contributed by atoms with Gasteiger partial charge in [-0.1, -0.05) is 30.0 Å². The topological polar surface area (TPSA) is 125 Å². The molecule has 4 aromatic rings. The minimum Gasteiger partial charge on any atom is -0.495 e. The van der Waals surface area contributed by atoms with Gasteiger partial charge in [-0.2, -0.15) is 9.61 Å². The number of methoxy groups -OCH3 is 1. The molecule has 0 aliphatic heterocycles.